The van der Waals surface area contributed by atoms with Crippen LogP contribution in [0.2, 0.25) is 0 Å². The van der Waals surface area contributed by atoms with Crippen molar-refractivity contribution in [1.29, 1.82) is 0 Å². The smallest absolute Gasteiger partial charge is 0.251 e. The molecule has 2 amide bonds. The van der Waals surface area contributed by atoms with E-state index >= 15 is 0 Å². The van der Waals surface area contributed by atoms with E-state index in [9.17, 15) is 18.2 Å². The monoisotopic (exact) mass is 428 g/mol. The van der Waals surface area contributed by atoms with Gasteiger partial charge in [-0.2, -0.15) is 0 Å². The third-order valence-corrected chi connectivity index (χ3v) is 7.26. The lowest BCUT2D eigenvalue weighted by Gasteiger charge is -2.30. The molecule has 1 aliphatic heterocycles. The van der Waals surface area contributed by atoms with Crippen molar-refractivity contribution in [2.24, 2.45) is 5.92 Å². The summed E-state index contributed by atoms with van der Waals surface area (Å²) in [4.78, 5) is 27.5. The molecule has 1 fully saturated rings. The molecule has 1 aliphatic carbocycles. The van der Waals surface area contributed by atoms with E-state index in [1.165, 1.54) is 17.0 Å². The SMILES string of the molecule is CC1CCC(NC(=O)c2ccc3c(c2)N(Cc2ccc(F)cc2)C(=O)C[S@]3=O)CC1. The lowest BCUT2D eigenvalue weighted by Crippen LogP contribution is -2.39. The Bertz CT molecular complexity index is 984. The van der Waals surface area contributed by atoms with Crippen molar-refractivity contribution in [3.63, 3.8) is 0 Å². The average Bonchev–Trinajstić information content (AvgIpc) is 2.73. The predicted molar refractivity (Wildman–Crippen MR) is 114 cm³/mol. The number of nitrogens with zero attached hydrogens (tertiary/aromatic N) is 1. The van der Waals surface area contributed by atoms with Gasteiger partial charge in [-0.3, -0.25) is 13.8 Å². The van der Waals surface area contributed by atoms with E-state index in [-0.39, 0.29) is 36.0 Å². The maximum Gasteiger partial charge on any atom is 0.251 e. The Morgan fingerprint density at radius 3 is 2.53 bits per heavy atom. The highest BCUT2D eigenvalue weighted by molar-refractivity contribution is 7.86. The number of nitrogens with one attached hydrogen (secondary N) is 1. The zero-order valence-electron chi connectivity index (χ0n) is 16.9. The maximum absolute atomic E-state index is 13.2. The first-order valence-corrected chi connectivity index (χ1v) is 11.6. The van der Waals surface area contributed by atoms with Crippen molar-refractivity contribution in [1.82, 2.24) is 5.32 Å². The van der Waals surface area contributed by atoms with Crippen LogP contribution < -0.4 is 10.2 Å². The number of benzene rings is 2. The molecule has 0 bridgehead atoms. The summed E-state index contributed by atoms with van der Waals surface area (Å²) in [5, 5.41) is 3.10. The molecule has 0 spiro atoms. The predicted octanol–water partition coefficient (Wildman–Crippen LogP) is 3.79. The van der Waals surface area contributed by atoms with E-state index in [0.29, 0.717) is 22.1 Å². The van der Waals surface area contributed by atoms with E-state index in [1.807, 2.05) is 0 Å². The minimum Gasteiger partial charge on any atom is -0.349 e. The molecule has 158 valence electrons. The molecule has 7 heteroatoms. The Labute approximate surface area is 178 Å². The van der Waals surface area contributed by atoms with Gasteiger partial charge in [-0.15, -0.1) is 0 Å². The van der Waals surface area contributed by atoms with Crippen LogP contribution in [0.15, 0.2) is 47.4 Å². The molecular weight excluding hydrogens is 403 g/mol. The molecule has 2 aromatic carbocycles. The van der Waals surface area contributed by atoms with Gasteiger partial charge in [0.15, 0.2) is 0 Å². The highest BCUT2D eigenvalue weighted by Gasteiger charge is 2.30. The summed E-state index contributed by atoms with van der Waals surface area (Å²) >= 11 is 0. The first-order valence-electron chi connectivity index (χ1n) is 10.3. The minimum absolute atomic E-state index is 0.0972. The fourth-order valence-electron chi connectivity index (χ4n) is 4.08. The second kappa shape index (κ2) is 8.68. The minimum atomic E-state index is -1.44. The van der Waals surface area contributed by atoms with Gasteiger partial charge in [-0.25, -0.2) is 4.39 Å². The van der Waals surface area contributed by atoms with Gasteiger partial charge in [-0.1, -0.05) is 19.1 Å². The molecule has 1 saturated carbocycles. The second-order valence-electron chi connectivity index (χ2n) is 8.21. The molecule has 1 atom stereocenters. The third kappa shape index (κ3) is 4.46. The molecule has 5 nitrogen and oxygen atoms in total. The molecule has 0 unspecified atom stereocenters. The Morgan fingerprint density at radius 2 is 1.83 bits per heavy atom. The number of carbonyl (C=O) groups excluding carboxylic acids is 2. The second-order valence-corrected chi connectivity index (χ2v) is 9.63. The summed E-state index contributed by atoms with van der Waals surface area (Å²) in [6, 6.07) is 11.1. The Balaban J connectivity index is 1.58. The van der Waals surface area contributed by atoms with Crippen molar-refractivity contribution in [3.8, 4) is 0 Å². The highest BCUT2D eigenvalue weighted by Crippen LogP contribution is 2.32. The van der Waals surface area contributed by atoms with E-state index in [2.05, 4.69) is 12.2 Å². The Morgan fingerprint density at radius 1 is 1.13 bits per heavy atom. The summed E-state index contributed by atoms with van der Waals surface area (Å²) in [6.07, 6.45) is 4.15. The van der Waals surface area contributed by atoms with Crippen LogP contribution in [0.3, 0.4) is 0 Å². The largest absolute Gasteiger partial charge is 0.349 e. The van der Waals surface area contributed by atoms with Gasteiger partial charge >= 0.3 is 0 Å². The average molecular weight is 429 g/mol. The summed E-state index contributed by atoms with van der Waals surface area (Å²) in [5.74, 6) is -0.198. The molecule has 0 aromatic heterocycles. The van der Waals surface area contributed by atoms with Crippen molar-refractivity contribution in [3.05, 3.63) is 59.4 Å². The number of amides is 2. The molecule has 0 saturated heterocycles. The van der Waals surface area contributed by atoms with E-state index < -0.39 is 10.8 Å². The van der Waals surface area contributed by atoms with Crippen LogP contribution in [0.5, 0.6) is 0 Å². The standard InChI is InChI=1S/C23H25FN2O3S/c1-15-2-9-19(10-3-15)25-23(28)17-6-11-21-20(12-17)26(22(27)14-30(21)29)13-16-4-7-18(24)8-5-16/h4-8,11-12,15,19H,2-3,9-10,13-14H2,1H3,(H,25,28)/t15?,19?,30-/m1/s1. The van der Waals surface area contributed by atoms with Gasteiger partial charge in [0.2, 0.25) is 5.91 Å². The van der Waals surface area contributed by atoms with Crippen LogP contribution in [-0.2, 0) is 22.1 Å². The van der Waals surface area contributed by atoms with Gasteiger partial charge < -0.3 is 10.2 Å². The van der Waals surface area contributed by atoms with E-state index in [4.69, 9.17) is 0 Å². The van der Waals surface area contributed by atoms with Gasteiger partial charge in [0.05, 0.1) is 27.9 Å². The van der Waals surface area contributed by atoms with Gasteiger partial charge in [0, 0.05) is 11.6 Å². The van der Waals surface area contributed by atoms with Crippen LogP contribution in [-0.4, -0.2) is 27.8 Å². The quantitative estimate of drug-likeness (QED) is 0.806. The fourth-order valence-corrected chi connectivity index (χ4v) is 5.24. The molecule has 2 aromatic rings. The van der Waals surface area contributed by atoms with Crippen LogP contribution in [0, 0.1) is 11.7 Å². The van der Waals surface area contributed by atoms with E-state index in [0.717, 1.165) is 31.2 Å². The lowest BCUT2D eigenvalue weighted by atomic mass is 9.87. The topological polar surface area (TPSA) is 66.5 Å². The molecule has 4 rings (SSSR count). The van der Waals surface area contributed by atoms with Crippen LogP contribution >= 0.6 is 0 Å². The molecule has 1 heterocycles. The van der Waals surface area contributed by atoms with E-state index in [1.54, 1.807) is 30.3 Å². The van der Waals surface area contributed by atoms with Gasteiger partial charge in [0.1, 0.15) is 11.6 Å². The summed E-state index contributed by atoms with van der Waals surface area (Å²) in [7, 11) is -1.44. The maximum atomic E-state index is 13.2. The van der Waals surface area contributed by atoms with Crippen molar-refractivity contribution >= 4 is 28.3 Å². The number of fused-ring (bicyclic) bond motifs is 1. The number of hydrogen-bond acceptors (Lipinski definition) is 3. The molecule has 0 radical (unpaired) electrons. The third-order valence-electron chi connectivity index (χ3n) is 5.92. The zero-order valence-corrected chi connectivity index (χ0v) is 17.7. The number of anilines is 1. The first kappa shape index (κ1) is 20.7. The van der Waals surface area contributed by atoms with Crippen LogP contribution in [0.1, 0.15) is 48.5 Å². The Kier molecular flexibility index (Phi) is 5.99. The highest BCUT2D eigenvalue weighted by atomic mass is 32.2. The number of hydrogen-bond donors (Lipinski definition) is 1. The van der Waals surface area contributed by atoms with Crippen LogP contribution in [0.4, 0.5) is 10.1 Å². The summed E-state index contributed by atoms with van der Waals surface area (Å²) in [6.45, 7) is 2.46. The lowest BCUT2D eigenvalue weighted by molar-refractivity contribution is -0.116. The number of carbonyl (C=O) groups is 2. The fraction of sp³-hybridized carbons (Fsp3) is 0.391. The summed E-state index contributed by atoms with van der Waals surface area (Å²) < 4.78 is 25.7. The Hall–Kier alpha value is -2.54. The normalized spacial score (nSPS) is 23.7. The molecule has 1 N–H and O–H groups in total. The number of rotatable bonds is 4. The van der Waals surface area contributed by atoms with Gasteiger partial charge in [-0.05, 0) is 67.5 Å². The molecule has 2 aliphatic rings. The first-order chi connectivity index (χ1) is 14.4. The van der Waals surface area contributed by atoms with Crippen molar-refractivity contribution < 1.29 is 18.2 Å². The number of halogens is 1. The molecule has 30 heavy (non-hydrogen) atoms. The van der Waals surface area contributed by atoms with Crippen molar-refractivity contribution in [2.45, 2.75) is 50.1 Å². The zero-order chi connectivity index (χ0) is 21.3. The van der Waals surface area contributed by atoms with Gasteiger partial charge in [0.25, 0.3) is 5.91 Å². The summed E-state index contributed by atoms with van der Waals surface area (Å²) in [5.41, 5.74) is 1.69. The van der Waals surface area contributed by atoms with Crippen molar-refractivity contribution in [2.75, 3.05) is 10.7 Å². The molecular formula is C23H25FN2O3S. The van der Waals surface area contributed by atoms with Crippen LogP contribution in [0.25, 0.3) is 0 Å².